The lowest BCUT2D eigenvalue weighted by Crippen LogP contribution is -2.26. The number of anilines is 1. The minimum atomic E-state index is -0.172. The van der Waals surface area contributed by atoms with Gasteiger partial charge in [0.2, 0.25) is 0 Å². The van der Waals surface area contributed by atoms with E-state index >= 15 is 0 Å². The number of aryl methyl sites for hydroxylation is 1. The molecule has 4 nitrogen and oxygen atoms in total. The number of halogens is 1. The Morgan fingerprint density at radius 3 is 2.52 bits per heavy atom. The van der Waals surface area contributed by atoms with E-state index in [4.69, 9.17) is 11.6 Å². The van der Waals surface area contributed by atoms with Gasteiger partial charge >= 0.3 is 0 Å². The summed E-state index contributed by atoms with van der Waals surface area (Å²) >= 11 is 5.87. The molecule has 0 fully saturated rings. The van der Waals surface area contributed by atoms with Crippen LogP contribution in [-0.4, -0.2) is 17.4 Å². The average Bonchev–Trinajstić information content (AvgIpc) is 2.69. The van der Waals surface area contributed by atoms with Crippen LogP contribution in [0.15, 0.2) is 66.9 Å². The van der Waals surface area contributed by atoms with E-state index in [9.17, 15) is 4.79 Å². The predicted octanol–water partition coefficient (Wildman–Crippen LogP) is 4.63. The quantitative estimate of drug-likeness (QED) is 0.629. The first-order valence-electron chi connectivity index (χ1n) is 8.89. The highest BCUT2D eigenvalue weighted by molar-refractivity contribution is 6.30. The minimum Gasteiger partial charge on any atom is -0.380 e. The van der Waals surface area contributed by atoms with E-state index in [1.807, 2.05) is 42.5 Å². The largest absolute Gasteiger partial charge is 0.380 e. The summed E-state index contributed by atoms with van der Waals surface area (Å²) in [6.07, 6.45) is 2.44. The second-order valence-corrected chi connectivity index (χ2v) is 6.78. The number of nitrogens with one attached hydrogen (secondary N) is 2. The molecule has 2 N–H and O–H groups in total. The summed E-state index contributed by atoms with van der Waals surface area (Å²) in [4.78, 5) is 16.5. The number of rotatable bonds is 7. The van der Waals surface area contributed by atoms with Crippen molar-refractivity contribution in [2.75, 3.05) is 11.9 Å². The molecular formula is C22H22ClN3O. The fourth-order valence-corrected chi connectivity index (χ4v) is 2.83. The first-order chi connectivity index (χ1) is 13.1. The van der Waals surface area contributed by atoms with Crippen molar-refractivity contribution in [1.29, 1.82) is 0 Å². The van der Waals surface area contributed by atoms with Crippen LogP contribution in [0.2, 0.25) is 5.02 Å². The third kappa shape index (κ3) is 5.56. The van der Waals surface area contributed by atoms with Crippen molar-refractivity contribution in [3.05, 3.63) is 94.3 Å². The molecule has 0 radical (unpaired) electrons. The molecule has 0 saturated carbocycles. The molecule has 3 rings (SSSR count). The molecule has 1 heterocycles. The molecule has 0 aliphatic heterocycles. The molecule has 1 aromatic heterocycles. The first kappa shape index (κ1) is 18.9. The molecule has 0 bridgehead atoms. The van der Waals surface area contributed by atoms with Crippen LogP contribution in [0.25, 0.3) is 0 Å². The van der Waals surface area contributed by atoms with Crippen LogP contribution in [0.3, 0.4) is 0 Å². The third-order valence-corrected chi connectivity index (χ3v) is 4.60. The third-order valence-electron chi connectivity index (χ3n) is 4.35. The van der Waals surface area contributed by atoms with Gasteiger partial charge in [-0.2, -0.15) is 0 Å². The summed E-state index contributed by atoms with van der Waals surface area (Å²) in [7, 11) is 0. The number of pyridine rings is 1. The second kappa shape index (κ2) is 9.19. The van der Waals surface area contributed by atoms with Gasteiger partial charge in [0.15, 0.2) is 0 Å². The molecule has 138 valence electrons. The zero-order chi connectivity index (χ0) is 19.1. The Labute approximate surface area is 164 Å². The van der Waals surface area contributed by atoms with Crippen LogP contribution in [0.4, 0.5) is 5.69 Å². The molecule has 0 aliphatic carbocycles. The molecule has 0 aliphatic rings. The molecule has 3 aromatic rings. The Morgan fingerprint density at radius 1 is 1.04 bits per heavy atom. The topological polar surface area (TPSA) is 54.0 Å². The molecule has 27 heavy (non-hydrogen) atoms. The van der Waals surface area contributed by atoms with Crippen molar-refractivity contribution in [1.82, 2.24) is 10.3 Å². The van der Waals surface area contributed by atoms with Crippen LogP contribution < -0.4 is 10.6 Å². The highest BCUT2D eigenvalue weighted by Crippen LogP contribution is 2.12. The monoisotopic (exact) mass is 379 g/mol. The van der Waals surface area contributed by atoms with Crippen molar-refractivity contribution >= 4 is 23.2 Å². The van der Waals surface area contributed by atoms with Gasteiger partial charge in [-0.05, 0) is 54.3 Å². The van der Waals surface area contributed by atoms with Gasteiger partial charge in [-0.1, -0.05) is 48.0 Å². The highest BCUT2D eigenvalue weighted by atomic mass is 35.5. The summed E-state index contributed by atoms with van der Waals surface area (Å²) in [5.41, 5.74) is 4.91. The van der Waals surface area contributed by atoms with Crippen LogP contribution in [0, 0.1) is 6.92 Å². The van der Waals surface area contributed by atoms with Gasteiger partial charge in [-0.15, -0.1) is 0 Å². The van der Waals surface area contributed by atoms with Crippen LogP contribution in [0.5, 0.6) is 0 Å². The highest BCUT2D eigenvalue weighted by Gasteiger charge is 2.07. The van der Waals surface area contributed by atoms with E-state index in [2.05, 4.69) is 34.7 Å². The number of amides is 1. The zero-order valence-electron chi connectivity index (χ0n) is 15.2. The maximum Gasteiger partial charge on any atom is 0.269 e. The standard InChI is InChI=1S/C22H22ClN3O/c1-16-4-2-3-5-18(16)14-25-20-10-11-21(26-15-20)22(27)24-13-12-17-6-8-19(23)9-7-17/h2-11,15,25H,12-14H2,1H3,(H,24,27). The molecule has 0 spiro atoms. The fourth-order valence-electron chi connectivity index (χ4n) is 2.70. The molecule has 1 amide bonds. The van der Waals surface area contributed by atoms with Crippen LogP contribution in [-0.2, 0) is 13.0 Å². The SMILES string of the molecule is Cc1ccccc1CNc1ccc(C(=O)NCCc2ccc(Cl)cc2)nc1. The molecule has 0 unspecified atom stereocenters. The van der Waals surface area contributed by atoms with Gasteiger partial charge in [-0.3, -0.25) is 4.79 Å². The summed E-state index contributed by atoms with van der Waals surface area (Å²) in [6.45, 7) is 3.36. The van der Waals surface area contributed by atoms with Crippen molar-refractivity contribution in [3.63, 3.8) is 0 Å². The summed E-state index contributed by atoms with van der Waals surface area (Å²) in [5, 5.41) is 6.94. The smallest absolute Gasteiger partial charge is 0.269 e. The summed E-state index contributed by atoms with van der Waals surface area (Å²) in [6, 6.07) is 19.5. The van der Waals surface area contributed by atoms with Gasteiger partial charge in [0, 0.05) is 18.1 Å². The number of carbonyl (C=O) groups excluding carboxylic acids is 1. The van der Waals surface area contributed by atoms with Crippen LogP contribution >= 0.6 is 11.6 Å². The number of benzene rings is 2. The lowest BCUT2D eigenvalue weighted by Gasteiger charge is -2.09. The maximum atomic E-state index is 12.2. The molecular weight excluding hydrogens is 358 g/mol. The van der Waals surface area contributed by atoms with Gasteiger partial charge in [0.25, 0.3) is 5.91 Å². The van der Waals surface area contributed by atoms with Crippen molar-refractivity contribution in [3.8, 4) is 0 Å². The predicted molar refractivity (Wildman–Crippen MR) is 110 cm³/mol. The van der Waals surface area contributed by atoms with Gasteiger partial charge < -0.3 is 10.6 Å². The van der Waals surface area contributed by atoms with Gasteiger partial charge in [0.1, 0.15) is 5.69 Å². The van der Waals surface area contributed by atoms with Crippen molar-refractivity contribution in [2.24, 2.45) is 0 Å². The fraction of sp³-hybridized carbons (Fsp3) is 0.182. The minimum absolute atomic E-state index is 0.172. The lowest BCUT2D eigenvalue weighted by molar-refractivity contribution is 0.0949. The van der Waals surface area contributed by atoms with E-state index in [0.29, 0.717) is 17.3 Å². The number of carbonyl (C=O) groups is 1. The number of aromatic nitrogens is 1. The average molecular weight is 380 g/mol. The van der Waals surface area contributed by atoms with E-state index < -0.39 is 0 Å². The Kier molecular flexibility index (Phi) is 6.44. The maximum absolute atomic E-state index is 12.2. The van der Waals surface area contributed by atoms with E-state index in [1.54, 1.807) is 12.3 Å². The Bertz CT molecular complexity index is 892. The summed E-state index contributed by atoms with van der Waals surface area (Å²) < 4.78 is 0. The molecule has 5 heteroatoms. The molecule has 2 aromatic carbocycles. The van der Waals surface area contributed by atoms with E-state index in [0.717, 1.165) is 24.2 Å². The van der Waals surface area contributed by atoms with Gasteiger partial charge in [-0.25, -0.2) is 4.98 Å². The van der Waals surface area contributed by atoms with Crippen molar-refractivity contribution < 1.29 is 4.79 Å². The molecule has 0 atom stereocenters. The van der Waals surface area contributed by atoms with Crippen molar-refractivity contribution in [2.45, 2.75) is 19.9 Å². The van der Waals surface area contributed by atoms with E-state index in [-0.39, 0.29) is 5.91 Å². The Hall–Kier alpha value is -2.85. The normalized spacial score (nSPS) is 10.4. The summed E-state index contributed by atoms with van der Waals surface area (Å²) in [5.74, 6) is -0.172. The second-order valence-electron chi connectivity index (χ2n) is 6.34. The number of hydrogen-bond acceptors (Lipinski definition) is 3. The Balaban J connectivity index is 1.48. The van der Waals surface area contributed by atoms with Gasteiger partial charge in [0.05, 0.1) is 11.9 Å². The van der Waals surface area contributed by atoms with E-state index in [1.165, 1.54) is 11.1 Å². The first-order valence-corrected chi connectivity index (χ1v) is 9.27. The van der Waals surface area contributed by atoms with Crippen LogP contribution in [0.1, 0.15) is 27.2 Å². The Morgan fingerprint density at radius 2 is 1.81 bits per heavy atom. The molecule has 0 saturated heterocycles. The number of hydrogen-bond donors (Lipinski definition) is 2. The lowest BCUT2D eigenvalue weighted by atomic mass is 10.1. The zero-order valence-corrected chi connectivity index (χ0v) is 16.0. The number of nitrogens with zero attached hydrogens (tertiary/aromatic N) is 1.